The number of aromatic amines is 1. The summed E-state index contributed by atoms with van der Waals surface area (Å²) >= 11 is 0. The van der Waals surface area contributed by atoms with Gasteiger partial charge in [0.1, 0.15) is 11.5 Å². The van der Waals surface area contributed by atoms with Crippen LogP contribution in [0.2, 0.25) is 0 Å². The number of amides is 1. The van der Waals surface area contributed by atoms with E-state index in [0.717, 1.165) is 50.3 Å². The molecule has 7 heteroatoms. The maximum Gasteiger partial charge on any atom is 0.271 e. The molecule has 0 aliphatic carbocycles. The smallest absolute Gasteiger partial charge is 0.271 e. The molecule has 1 amide bonds. The highest BCUT2D eigenvalue weighted by Gasteiger charge is 2.22. The van der Waals surface area contributed by atoms with Crippen LogP contribution in [0, 0.1) is 5.92 Å². The molecule has 1 fully saturated rings. The van der Waals surface area contributed by atoms with Gasteiger partial charge in [-0.3, -0.25) is 9.78 Å². The molecular formula is C17H24N6O. The van der Waals surface area contributed by atoms with Crippen molar-refractivity contribution in [3.63, 3.8) is 0 Å². The van der Waals surface area contributed by atoms with Crippen LogP contribution in [0.4, 0.5) is 5.82 Å². The largest absolute Gasteiger partial charge is 0.361 e. The van der Waals surface area contributed by atoms with Crippen LogP contribution in [-0.2, 0) is 6.42 Å². The lowest BCUT2D eigenvalue weighted by Crippen LogP contribution is -2.32. The number of rotatable bonds is 4. The van der Waals surface area contributed by atoms with E-state index in [1.54, 1.807) is 12.5 Å². The molecule has 1 N–H and O–H groups in total. The second-order valence-corrected chi connectivity index (χ2v) is 6.52. The van der Waals surface area contributed by atoms with E-state index in [1.165, 1.54) is 0 Å². The molecule has 0 radical (unpaired) electrons. The minimum absolute atomic E-state index is 0.0447. The van der Waals surface area contributed by atoms with Crippen molar-refractivity contribution in [2.75, 3.05) is 32.1 Å². The molecule has 1 atom stereocenters. The number of nitrogens with zero attached hydrogens (tertiary/aromatic N) is 5. The Balaban J connectivity index is 1.56. The van der Waals surface area contributed by atoms with Gasteiger partial charge in [-0.05, 0) is 31.6 Å². The van der Waals surface area contributed by atoms with Crippen molar-refractivity contribution in [3.8, 4) is 0 Å². The lowest BCUT2D eigenvalue weighted by molar-refractivity contribution is 0.0754. The van der Waals surface area contributed by atoms with Crippen LogP contribution >= 0.6 is 0 Å². The minimum atomic E-state index is 0.0447. The molecule has 1 aliphatic rings. The molecule has 0 bridgehead atoms. The SMILES string of the molecule is CN(C)c1cnc(C[C@@H]2CCCN(C(=O)c3cnc[nH]3)CC2)cn1. The van der Waals surface area contributed by atoms with Gasteiger partial charge >= 0.3 is 0 Å². The Morgan fingerprint density at radius 3 is 2.79 bits per heavy atom. The Morgan fingerprint density at radius 2 is 2.12 bits per heavy atom. The Hall–Kier alpha value is -2.44. The molecule has 1 aliphatic heterocycles. The highest BCUT2D eigenvalue weighted by Crippen LogP contribution is 2.22. The third kappa shape index (κ3) is 3.90. The molecule has 128 valence electrons. The molecule has 0 spiro atoms. The van der Waals surface area contributed by atoms with Gasteiger partial charge in [-0.15, -0.1) is 0 Å². The summed E-state index contributed by atoms with van der Waals surface area (Å²) in [6, 6.07) is 0. The Bertz CT molecular complexity index is 652. The number of carbonyl (C=O) groups is 1. The first kappa shape index (κ1) is 16.4. The van der Waals surface area contributed by atoms with Crippen LogP contribution in [-0.4, -0.2) is 57.9 Å². The van der Waals surface area contributed by atoms with E-state index in [9.17, 15) is 4.79 Å². The summed E-state index contributed by atoms with van der Waals surface area (Å²) in [5.41, 5.74) is 1.59. The van der Waals surface area contributed by atoms with Gasteiger partial charge in [-0.25, -0.2) is 9.97 Å². The minimum Gasteiger partial charge on any atom is -0.361 e. The zero-order valence-electron chi connectivity index (χ0n) is 14.3. The van der Waals surface area contributed by atoms with Crippen molar-refractivity contribution < 1.29 is 4.79 Å². The van der Waals surface area contributed by atoms with E-state index in [0.29, 0.717) is 11.6 Å². The Kier molecular flexibility index (Phi) is 5.08. The fraction of sp³-hybridized carbons (Fsp3) is 0.529. The summed E-state index contributed by atoms with van der Waals surface area (Å²) < 4.78 is 0. The predicted octanol–water partition coefficient (Wildman–Crippen LogP) is 1.75. The standard InChI is InChI=1S/C17H24N6O/c1-22(2)16-11-19-14(9-20-16)8-13-4-3-6-23(7-5-13)17(24)15-10-18-12-21-15/h9-13H,3-8H2,1-2H3,(H,18,21)/t13-/m1/s1. The summed E-state index contributed by atoms with van der Waals surface area (Å²) in [5, 5.41) is 0. The number of aromatic nitrogens is 4. The molecule has 3 rings (SSSR count). The van der Waals surface area contributed by atoms with Crippen molar-refractivity contribution in [2.24, 2.45) is 5.92 Å². The number of nitrogens with one attached hydrogen (secondary N) is 1. The average molecular weight is 328 g/mol. The summed E-state index contributed by atoms with van der Waals surface area (Å²) in [6.07, 6.45) is 10.9. The fourth-order valence-electron chi connectivity index (χ4n) is 3.10. The predicted molar refractivity (Wildman–Crippen MR) is 91.9 cm³/mol. The zero-order chi connectivity index (χ0) is 16.9. The number of imidazole rings is 1. The molecule has 0 aromatic carbocycles. The van der Waals surface area contributed by atoms with Crippen molar-refractivity contribution >= 4 is 11.7 Å². The fourth-order valence-corrected chi connectivity index (χ4v) is 3.10. The quantitative estimate of drug-likeness (QED) is 0.925. The van der Waals surface area contributed by atoms with Crippen LogP contribution in [0.15, 0.2) is 24.9 Å². The molecule has 0 saturated carbocycles. The van der Waals surface area contributed by atoms with E-state index < -0.39 is 0 Å². The van der Waals surface area contributed by atoms with Crippen molar-refractivity contribution in [2.45, 2.75) is 25.7 Å². The maximum absolute atomic E-state index is 12.4. The van der Waals surface area contributed by atoms with Gasteiger partial charge in [-0.1, -0.05) is 0 Å². The van der Waals surface area contributed by atoms with Gasteiger partial charge in [-0.2, -0.15) is 0 Å². The van der Waals surface area contributed by atoms with E-state index >= 15 is 0 Å². The lowest BCUT2D eigenvalue weighted by atomic mass is 9.95. The first-order valence-corrected chi connectivity index (χ1v) is 8.39. The molecule has 2 aromatic heterocycles. The third-order valence-corrected chi connectivity index (χ3v) is 4.51. The van der Waals surface area contributed by atoms with Crippen molar-refractivity contribution in [1.29, 1.82) is 0 Å². The molecule has 7 nitrogen and oxygen atoms in total. The van der Waals surface area contributed by atoms with E-state index in [1.807, 2.05) is 36.3 Å². The summed E-state index contributed by atoms with van der Waals surface area (Å²) in [4.78, 5) is 32.1. The molecule has 24 heavy (non-hydrogen) atoms. The topological polar surface area (TPSA) is 78.0 Å². The van der Waals surface area contributed by atoms with Gasteiger partial charge in [0.05, 0.1) is 30.6 Å². The van der Waals surface area contributed by atoms with Crippen LogP contribution in [0.1, 0.15) is 35.4 Å². The molecule has 2 aromatic rings. The lowest BCUT2D eigenvalue weighted by Gasteiger charge is -2.19. The molecule has 3 heterocycles. The van der Waals surface area contributed by atoms with Crippen molar-refractivity contribution in [1.82, 2.24) is 24.8 Å². The number of hydrogen-bond acceptors (Lipinski definition) is 5. The van der Waals surface area contributed by atoms with E-state index in [2.05, 4.69) is 19.9 Å². The number of carbonyl (C=O) groups excluding carboxylic acids is 1. The first-order valence-electron chi connectivity index (χ1n) is 8.39. The maximum atomic E-state index is 12.4. The number of likely N-dealkylation sites (tertiary alicyclic amines) is 1. The van der Waals surface area contributed by atoms with Gasteiger partial charge in [0, 0.05) is 27.2 Å². The summed E-state index contributed by atoms with van der Waals surface area (Å²) in [5.74, 6) is 1.46. The van der Waals surface area contributed by atoms with Gasteiger partial charge < -0.3 is 14.8 Å². The average Bonchev–Trinajstić information content (AvgIpc) is 3.02. The second kappa shape index (κ2) is 7.42. The van der Waals surface area contributed by atoms with Gasteiger partial charge in [0.15, 0.2) is 0 Å². The number of anilines is 1. The highest BCUT2D eigenvalue weighted by molar-refractivity contribution is 5.92. The second-order valence-electron chi connectivity index (χ2n) is 6.52. The Morgan fingerprint density at radius 1 is 1.25 bits per heavy atom. The normalized spacial score (nSPS) is 18.2. The van der Waals surface area contributed by atoms with E-state index in [-0.39, 0.29) is 5.91 Å². The van der Waals surface area contributed by atoms with E-state index in [4.69, 9.17) is 0 Å². The van der Waals surface area contributed by atoms with Crippen LogP contribution in [0.3, 0.4) is 0 Å². The van der Waals surface area contributed by atoms with Crippen LogP contribution < -0.4 is 4.90 Å². The van der Waals surface area contributed by atoms with Gasteiger partial charge in [0.25, 0.3) is 5.91 Å². The summed E-state index contributed by atoms with van der Waals surface area (Å²) in [7, 11) is 3.92. The molecular weight excluding hydrogens is 304 g/mol. The monoisotopic (exact) mass is 328 g/mol. The first-order chi connectivity index (χ1) is 11.6. The highest BCUT2D eigenvalue weighted by atomic mass is 16.2. The Labute approximate surface area is 142 Å². The molecule has 1 saturated heterocycles. The molecule has 0 unspecified atom stereocenters. The zero-order valence-corrected chi connectivity index (χ0v) is 14.3. The van der Waals surface area contributed by atoms with Crippen molar-refractivity contribution in [3.05, 3.63) is 36.3 Å². The van der Waals surface area contributed by atoms with Gasteiger partial charge in [0.2, 0.25) is 0 Å². The van der Waals surface area contributed by atoms with Crippen LogP contribution in [0.5, 0.6) is 0 Å². The summed E-state index contributed by atoms with van der Waals surface area (Å²) in [6.45, 7) is 1.59. The third-order valence-electron chi connectivity index (χ3n) is 4.51. The number of hydrogen-bond donors (Lipinski definition) is 1. The van der Waals surface area contributed by atoms with Crippen LogP contribution in [0.25, 0.3) is 0 Å². The number of H-pyrrole nitrogens is 1.